The zero-order chi connectivity index (χ0) is 18.2. The van der Waals surface area contributed by atoms with Gasteiger partial charge >= 0.3 is 0 Å². The van der Waals surface area contributed by atoms with Crippen LogP contribution >= 0.6 is 11.8 Å². The number of fused-ring (bicyclic) bond motifs is 1. The fraction of sp³-hybridized carbons (Fsp3) is 0.312. The summed E-state index contributed by atoms with van der Waals surface area (Å²) in [7, 11) is 0. The van der Waals surface area contributed by atoms with Gasteiger partial charge < -0.3 is 9.51 Å². The number of hydrogen-bond acceptors (Lipinski definition) is 5. The van der Waals surface area contributed by atoms with Crippen LogP contribution < -0.4 is 5.32 Å². The molecule has 0 atom stereocenters. The lowest BCUT2D eigenvalue weighted by molar-refractivity contribution is -0.113. The molecule has 132 valence electrons. The molecule has 0 unspecified atom stereocenters. The van der Waals surface area contributed by atoms with E-state index in [0.717, 1.165) is 29.6 Å². The van der Waals surface area contributed by atoms with Gasteiger partial charge in [-0.1, -0.05) is 37.7 Å². The van der Waals surface area contributed by atoms with Gasteiger partial charge in [-0.15, -0.1) is 0 Å². The van der Waals surface area contributed by atoms with E-state index in [9.17, 15) is 13.6 Å². The van der Waals surface area contributed by atoms with Crippen LogP contribution in [-0.2, 0) is 10.2 Å². The number of amides is 1. The SMILES string of the molecule is CC(C)(C)c1cc(NC(=O)CSc2nc3cc(F)c(F)cc3[nH]2)on1. The highest BCUT2D eigenvalue weighted by molar-refractivity contribution is 7.99. The van der Waals surface area contributed by atoms with Crippen LogP contribution in [0.1, 0.15) is 26.5 Å². The number of carbonyl (C=O) groups excluding carboxylic acids is 1. The van der Waals surface area contributed by atoms with Gasteiger partial charge in [0.25, 0.3) is 0 Å². The molecule has 0 spiro atoms. The van der Waals surface area contributed by atoms with Crippen LogP contribution in [0.5, 0.6) is 0 Å². The minimum Gasteiger partial charge on any atom is -0.338 e. The summed E-state index contributed by atoms with van der Waals surface area (Å²) in [5, 5.41) is 6.92. The summed E-state index contributed by atoms with van der Waals surface area (Å²) in [6.45, 7) is 5.96. The van der Waals surface area contributed by atoms with Crippen molar-refractivity contribution in [3.8, 4) is 0 Å². The van der Waals surface area contributed by atoms with Crippen molar-refractivity contribution in [2.75, 3.05) is 11.1 Å². The Morgan fingerprint density at radius 2 is 2.00 bits per heavy atom. The number of H-pyrrole nitrogens is 1. The lowest BCUT2D eigenvalue weighted by Gasteiger charge is -2.12. The van der Waals surface area contributed by atoms with E-state index in [4.69, 9.17) is 4.52 Å². The molecule has 0 aliphatic rings. The number of hydrogen-bond donors (Lipinski definition) is 2. The zero-order valence-electron chi connectivity index (χ0n) is 13.8. The van der Waals surface area contributed by atoms with Crippen molar-refractivity contribution < 1.29 is 18.1 Å². The average molecular weight is 366 g/mol. The molecule has 0 saturated carbocycles. The Balaban J connectivity index is 1.61. The number of benzene rings is 1. The zero-order valence-corrected chi connectivity index (χ0v) is 14.6. The third-order valence-electron chi connectivity index (χ3n) is 3.38. The highest BCUT2D eigenvalue weighted by Crippen LogP contribution is 2.24. The second kappa shape index (κ2) is 6.47. The van der Waals surface area contributed by atoms with Crippen LogP contribution in [0.25, 0.3) is 11.0 Å². The summed E-state index contributed by atoms with van der Waals surface area (Å²) in [6.07, 6.45) is 0. The number of carbonyl (C=O) groups is 1. The number of nitrogens with zero attached hydrogens (tertiary/aromatic N) is 2. The molecule has 0 radical (unpaired) electrons. The minimum atomic E-state index is -0.965. The largest absolute Gasteiger partial charge is 0.338 e. The fourth-order valence-electron chi connectivity index (χ4n) is 2.04. The molecule has 0 aliphatic heterocycles. The van der Waals surface area contributed by atoms with E-state index >= 15 is 0 Å². The van der Waals surface area contributed by atoms with Gasteiger partial charge in [0.15, 0.2) is 16.8 Å². The van der Waals surface area contributed by atoms with Gasteiger partial charge in [-0.3, -0.25) is 10.1 Å². The highest BCUT2D eigenvalue weighted by Gasteiger charge is 2.20. The molecule has 3 rings (SSSR count). The maximum Gasteiger partial charge on any atom is 0.237 e. The number of halogens is 2. The number of thioether (sulfide) groups is 1. The molecular formula is C16H16F2N4O2S. The Kier molecular flexibility index (Phi) is 4.51. The maximum absolute atomic E-state index is 13.2. The summed E-state index contributed by atoms with van der Waals surface area (Å²) in [5.74, 6) is -1.90. The van der Waals surface area contributed by atoms with Gasteiger partial charge in [-0.25, -0.2) is 13.8 Å². The van der Waals surface area contributed by atoms with Gasteiger partial charge in [0.1, 0.15) is 0 Å². The molecule has 9 heteroatoms. The summed E-state index contributed by atoms with van der Waals surface area (Å²) < 4.78 is 31.5. The molecule has 0 saturated heterocycles. The molecular weight excluding hydrogens is 350 g/mol. The van der Waals surface area contributed by atoms with Crippen molar-refractivity contribution in [1.82, 2.24) is 15.1 Å². The van der Waals surface area contributed by atoms with Crippen molar-refractivity contribution >= 4 is 34.6 Å². The molecule has 2 heterocycles. The number of nitrogens with one attached hydrogen (secondary N) is 2. The Morgan fingerprint density at radius 3 is 2.68 bits per heavy atom. The first-order chi connectivity index (χ1) is 11.7. The Bertz CT molecular complexity index is 891. The number of rotatable bonds is 4. The molecule has 1 amide bonds. The molecule has 6 nitrogen and oxygen atoms in total. The van der Waals surface area contributed by atoms with Crippen LogP contribution in [0.3, 0.4) is 0 Å². The molecule has 0 bridgehead atoms. The lowest BCUT2D eigenvalue weighted by atomic mass is 9.92. The fourth-order valence-corrected chi connectivity index (χ4v) is 2.73. The van der Waals surface area contributed by atoms with Gasteiger partial charge in [0.05, 0.1) is 22.5 Å². The summed E-state index contributed by atoms with van der Waals surface area (Å²) in [5.41, 5.74) is 1.22. The average Bonchev–Trinajstić information content (AvgIpc) is 3.12. The van der Waals surface area contributed by atoms with Gasteiger partial charge in [0, 0.05) is 23.6 Å². The second-order valence-electron chi connectivity index (χ2n) is 6.49. The molecule has 25 heavy (non-hydrogen) atoms. The van der Waals surface area contributed by atoms with E-state index in [0.29, 0.717) is 16.2 Å². The molecule has 2 aromatic heterocycles. The lowest BCUT2D eigenvalue weighted by Crippen LogP contribution is -2.14. The Labute approximate surface area is 146 Å². The van der Waals surface area contributed by atoms with E-state index in [1.807, 2.05) is 20.8 Å². The summed E-state index contributed by atoms with van der Waals surface area (Å²) >= 11 is 1.11. The van der Waals surface area contributed by atoms with Gasteiger partial charge in [-0.2, -0.15) is 0 Å². The van der Waals surface area contributed by atoms with E-state index in [1.54, 1.807) is 6.07 Å². The number of anilines is 1. The van der Waals surface area contributed by atoms with Crippen molar-refractivity contribution in [2.45, 2.75) is 31.3 Å². The topological polar surface area (TPSA) is 83.8 Å². The first kappa shape index (κ1) is 17.4. The van der Waals surface area contributed by atoms with Crippen molar-refractivity contribution in [1.29, 1.82) is 0 Å². The molecule has 0 aliphatic carbocycles. The van der Waals surface area contributed by atoms with E-state index in [2.05, 4.69) is 20.4 Å². The Morgan fingerprint density at radius 1 is 1.28 bits per heavy atom. The molecule has 3 aromatic rings. The second-order valence-corrected chi connectivity index (χ2v) is 7.45. The molecule has 2 N–H and O–H groups in total. The predicted molar refractivity (Wildman–Crippen MR) is 90.6 cm³/mol. The van der Waals surface area contributed by atoms with E-state index < -0.39 is 11.6 Å². The van der Waals surface area contributed by atoms with Crippen molar-refractivity contribution in [2.24, 2.45) is 0 Å². The van der Waals surface area contributed by atoms with Crippen LogP contribution in [0.2, 0.25) is 0 Å². The van der Waals surface area contributed by atoms with Gasteiger partial charge in [0.2, 0.25) is 11.8 Å². The van der Waals surface area contributed by atoms with Gasteiger partial charge in [-0.05, 0) is 0 Å². The summed E-state index contributed by atoms with van der Waals surface area (Å²) in [4.78, 5) is 18.9. The van der Waals surface area contributed by atoms with Crippen LogP contribution in [-0.4, -0.2) is 26.8 Å². The maximum atomic E-state index is 13.2. The number of imidazole rings is 1. The smallest absolute Gasteiger partial charge is 0.237 e. The number of aromatic amines is 1. The third kappa shape index (κ3) is 3.98. The van der Waals surface area contributed by atoms with E-state index in [1.165, 1.54) is 0 Å². The minimum absolute atomic E-state index is 0.0519. The molecule has 1 aromatic carbocycles. The van der Waals surface area contributed by atoms with Crippen LogP contribution in [0, 0.1) is 11.6 Å². The highest BCUT2D eigenvalue weighted by atomic mass is 32.2. The third-order valence-corrected chi connectivity index (χ3v) is 4.26. The normalized spacial score (nSPS) is 11.9. The number of aromatic nitrogens is 3. The standard InChI is InChI=1S/C16H16F2N4O2S/c1-16(2,3)12-6-14(24-22-12)21-13(23)7-25-15-19-10-4-8(17)9(18)5-11(10)20-15/h4-6H,7H2,1-3H3,(H,19,20)(H,21,23). The van der Waals surface area contributed by atoms with Crippen molar-refractivity contribution in [3.63, 3.8) is 0 Å². The first-order valence-corrected chi connectivity index (χ1v) is 8.45. The monoisotopic (exact) mass is 366 g/mol. The predicted octanol–water partition coefficient (Wildman–Crippen LogP) is 3.86. The van der Waals surface area contributed by atoms with Crippen LogP contribution in [0.15, 0.2) is 27.9 Å². The summed E-state index contributed by atoms with van der Waals surface area (Å²) in [6, 6.07) is 3.72. The Hall–Kier alpha value is -2.42. The van der Waals surface area contributed by atoms with Crippen LogP contribution in [0.4, 0.5) is 14.7 Å². The van der Waals surface area contributed by atoms with E-state index in [-0.39, 0.29) is 23.0 Å². The first-order valence-electron chi connectivity index (χ1n) is 7.47. The quantitative estimate of drug-likeness (QED) is 0.685. The van der Waals surface area contributed by atoms with Crippen molar-refractivity contribution in [3.05, 3.63) is 35.5 Å². The molecule has 0 fully saturated rings.